The smallest absolute Gasteiger partial charge is 0.373 e. The Labute approximate surface area is 233 Å². The number of carbonyl (C=O) groups excluding carboxylic acids is 3. The number of esters is 1. The molecule has 0 spiro atoms. The first kappa shape index (κ1) is 28.5. The third kappa shape index (κ3) is 3.57. The average Bonchev–Trinajstić information content (AvgIpc) is 3.13. The zero-order chi connectivity index (χ0) is 28.9. The van der Waals surface area contributed by atoms with Crippen LogP contribution in [0.1, 0.15) is 113 Å². The summed E-state index contributed by atoms with van der Waals surface area (Å²) < 4.78 is 5.85. The summed E-state index contributed by atoms with van der Waals surface area (Å²) >= 11 is 0. The topological polar surface area (TPSA) is 97.7 Å². The number of hydrogen-bond donors (Lipinski definition) is 1. The zero-order valence-corrected chi connectivity index (χ0v) is 25.2. The van der Waals surface area contributed by atoms with Crippen molar-refractivity contribution in [2.24, 2.45) is 50.7 Å². The van der Waals surface area contributed by atoms with Crippen LogP contribution in [-0.4, -0.2) is 34.7 Å². The molecule has 0 bridgehead atoms. The fraction of sp³-hybridized carbons (Fsp3) is 0.818. The Balaban J connectivity index is 1.58. The van der Waals surface area contributed by atoms with Crippen LogP contribution in [0.5, 0.6) is 0 Å². The van der Waals surface area contributed by atoms with E-state index in [1.807, 2.05) is 13.8 Å². The number of carbonyl (C=O) groups is 4. The minimum atomic E-state index is -1.41. The maximum Gasteiger partial charge on any atom is 0.373 e. The van der Waals surface area contributed by atoms with Gasteiger partial charge >= 0.3 is 11.9 Å². The molecule has 0 amide bonds. The van der Waals surface area contributed by atoms with Gasteiger partial charge in [-0.2, -0.15) is 0 Å². The van der Waals surface area contributed by atoms with Crippen LogP contribution in [0.2, 0.25) is 0 Å². The van der Waals surface area contributed by atoms with Crippen LogP contribution in [0.25, 0.3) is 0 Å². The largest absolute Gasteiger partial charge is 0.475 e. The van der Waals surface area contributed by atoms with Crippen molar-refractivity contribution in [3.8, 4) is 0 Å². The maximum atomic E-state index is 13.4. The van der Waals surface area contributed by atoms with E-state index in [1.165, 1.54) is 6.92 Å². The summed E-state index contributed by atoms with van der Waals surface area (Å²) in [7, 11) is 0. The predicted octanol–water partition coefficient (Wildman–Crippen LogP) is 6.55. The van der Waals surface area contributed by atoms with Crippen LogP contribution in [0.3, 0.4) is 0 Å². The Morgan fingerprint density at radius 3 is 2.13 bits per heavy atom. The molecule has 5 aliphatic carbocycles. The molecule has 0 saturated heterocycles. The number of carboxylic acids is 1. The van der Waals surface area contributed by atoms with Gasteiger partial charge in [0.15, 0.2) is 5.78 Å². The van der Waals surface area contributed by atoms with E-state index < -0.39 is 17.2 Å². The van der Waals surface area contributed by atoms with Gasteiger partial charge in [0, 0.05) is 18.8 Å². The first-order chi connectivity index (χ1) is 18.0. The first-order valence-electron chi connectivity index (χ1n) is 15.2. The molecule has 4 saturated carbocycles. The lowest BCUT2D eigenvalue weighted by Gasteiger charge is -2.72. The molecule has 216 valence electrons. The van der Waals surface area contributed by atoms with Gasteiger partial charge in [-0.3, -0.25) is 14.4 Å². The summed E-state index contributed by atoms with van der Waals surface area (Å²) in [6.45, 7) is 17.4. The summed E-state index contributed by atoms with van der Waals surface area (Å²) in [5, 5.41) is 9.86. The number of carboxylic acid groups (broad SMARTS) is 1. The summed E-state index contributed by atoms with van der Waals surface area (Å²) in [6.07, 6.45) is 7.10. The van der Waals surface area contributed by atoms with E-state index in [9.17, 15) is 24.3 Å². The molecule has 0 radical (unpaired) electrons. The lowest BCUT2D eigenvalue weighted by molar-refractivity contribution is -0.232. The summed E-state index contributed by atoms with van der Waals surface area (Å²) in [6, 6.07) is 0. The number of ether oxygens (including phenoxy) is 1. The SMILES string of the molecule is CC(=O)OC1CCC2(C)C(CCC3(C)C2CCC2C4=C(C(C)C)C(=O)CC4(C(=O)C(=O)O)CCC23C)C1(C)C. The van der Waals surface area contributed by atoms with Gasteiger partial charge in [-0.15, -0.1) is 0 Å². The molecule has 0 heterocycles. The van der Waals surface area contributed by atoms with Gasteiger partial charge in [0.1, 0.15) is 6.10 Å². The molecule has 0 aliphatic heterocycles. The lowest BCUT2D eigenvalue weighted by Crippen LogP contribution is -2.66. The monoisotopic (exact) mass is 540 g/mol. The van der Waals surface area contributed by atoms with Crippen molar-refractivity contribution in [2.45, 2.75) is 119 Å². The number of hydrogen-bond acceptors (Lipinski definition) is 5. The molecule has 4 fully saturated rings. The third-order valence-electron chi connectivity index (χ3n) is 13.3. The molecule has 5 aliphatic rings. The van der Waals surface area contributed by atoms with Crippen molar-refractivity contribution in [2.75, 3.05) is 0 Å². The minimum Gasteiger partial charge on any atom is -0.475 e. The number of allylic oxidation sites excluding steroid dienone is 2. The molecule has 0 aromatic carbocycles. The van der Waals surface area contributed by atoms with Gasteiger partial charge in [-0.05, 0) is 102 Å². The Morgan fingerprint density at radius 1 is 0.872 bits per heavy atom. The van der Waals surface area contributed by atoms with Crippen molar-refractivity contribution < 1.29 is 29.0 Å². The number of rotatable bonds is 4. The van der Waals surface area contributed by atoms with Crippen LogP contribution < -0.4 is 0 Å². The Bertz CT molecular complexity index is 1160. The quantitative estimate of drug-likeness (QED) is 0.321. The van der Waals surface area contributed by atoms with Crippen LogP contribution in [0.15, 0.2) is 11.1 Å². The molecule has 39 heavy (non-hydrogen) atoms. The second-order valence-electron chi connectivity index (χ2n) is 15.4. The van der Waals surface area contributed by atoms with Gasteiger partial charge < -0.3 is 9.84 Å². The van der Waals surface area contributed by atoms with Gasteiger partial charge in [-0.25, -0.2) is 4.79 Å². The number of aliphatic carboxylic acids is 1. The standard InChI is InChI=1S/C33H48O6/c1-18(2)25-21(35)17-33(27(36)28(37)38)16-15-31(7)20(26(25)33)9-10-23-30(6)13-12-24(39-19(3)34)29(4,5)22(30)11-14-32(23,31)8/h18,20,22-24H,9-17H2,1-8H3,(H,37,38). The lowest BCUT2D eigenvalue weighted by atomic mass is 9.33. The number of fused-ring (bicyclic) bond motifs is 7. The maximum absolute atomic E-state index is 13.4. The molecule has 8 atom stereocenters. The second-order valence-corrected chi connectivity index (χ2v) is 15.4. The number of ketones is 2. The second kappa shape index (κ2) is 8.76. The third-order valence-corrected chi connectivity index (χ3v) is 13.3. The Hall–Kier alpha value is -1.98. The molecule has 8 unspecified atom stereocenters. The first-order valence-corrected chi connectivity index (χ1v) is 15.2. The molecule has 0 aromatic heterocycles. The van der Waals surface area contributed by atoms with Crippen molar-refractivity contribution in [1.29, 1.82) is 0 Å². The van der Waals surface area contributed by atoms with Crippen molar-refractivity contribution in [3.05, 3.63) is 11.1 Å². The Morgan fingerprint density at radius 2 is 1.54 bits per heavy atom. The van der Waals surface area contributed by atoms with Crippen LogP contribution in [-0.2, 0) is 23.9 Å². The summed E-state index contributed by atoms with van der Waals surface area (Å²) in [5.41, 5.74) is 0.348. The van der Waals surface area contributed by atoms with E-state index in [-0.39, 0.29) is 57.8 Å². The van der Waals surface area contributed by atoms with Crippen molar-refractivity contribution in [3.63, 3.8) is 0 Å². The summed E-state index contributed by atoms with van der Waals surface area (Å²) in [4.78, 5) is 50.8. The molecule has 6 heteroatoms. The van der Waals surface area contributed by atoms with E-state index in [0.717, 1.165) is 56.1 Å². The molecular weight excluding hydrogens is 492 g/mol. The molecule has 6 nitrogen and oxygen atoms in total. The highest BCUT2D eigenvalue weighted by molar-refractivity contribution is 6.37. The van der Waals surface area contributed by atoms with E-state index >= 15 is 0 Å². The highest BCUT2D eigenvalue weighted by Gasteiger charge is 2.71. The predicted molar refractivity (Wildman–Crippen MR) is 148 cm³/mol. The fourth-order valence-electron chi connectivity index (χ4n) is 11.5. The molecule has 0 aromatic rings. The fourth-order valence-corrected chi connectivity index (χ4v) is 11.5. The van der Waals surface area contributed by atoms with E-state index in [1.54, 1.807) is 0 Å². The van der Waals surface area contributed by atoms with Gasteiger partial charge in [0.2, 0.25) is 5.78 Å². The molecule has 1 N–H and O–H groups in total. The van der Waals surface area contributed by atoms with Crippen molar-refractivity contribution in [1.82, 2.24) is 0 Å². The van der Waals surface area contributed by atoms with Gasteiger partial charge in [-0.1, -0.05) is 48.5 Å². The minimum absolute atomic E-state index is 0.00464. The van der Waals surface area contributed by atoms with Gasteiger partial charge in [0.25, 0.3) is 0 Å². The normalized spacial score (nSPS) is 44.7. The van der Waals surface area contributed by atoms with Crippen LogP contribution in [0.4, 0.5) is 0 Å². The zero-order valence-electron chi connectivity index (χ0n) is 25.2. The highest BCUT2D eigenvalue weighted by Crippen LogP contribution is 2.76. The van der Waals surface area contributed by atoms with E-state index in [4.69, 9.17) is 4.74 Å². The average molecular weight is 541 g/mol. The van der Waals surface area contributed by atoms with E-state index in [0.29, 0.717) is 18.3 Å². The van der Waals surface area contributed by atoms with Crippen LogP contribution in [0, 0.1) is 50.7 Å². The number of Topliss-reactive ketones (excluding diaryl/α,β-unsaturated/α-hetero) is 2. The molecular formula is C33H48O6. The molecule has 5 rings (SSSR count). The van der Waals surface area contributed by atoms with Crippen LogP contribution >= 0.6 is 0 Å². The summed E-state index contributed by atoms with van der Waals surface area (Å²) in [5.74, 6) is -1.48. The van der Waals surface area contributed by atoms with Gasteiger partial charge in [0.05, 0.1) is 5.41 Å². The van der Waals surface area contributed by atoms with E-state index in [2.05, 4.69) is 34.6 Å². The highest BCUT2D eigenvalue weighted by atomic mass is 16.5. The Kier molecular flexibility index (Phi) is 6.41. The van der Waals surface area contributed by atoms with Crippen molar-refractivity contribution >= 4 is 23.5 Å².